The molecule has 0 aliphatic heterocycles. The first-order valence-corrected chi connectivity index (χ1v) is 7.33. The second-order valence-electron chi connectivity index (χ2n) is 5.58. The van der Waals surface area contributed by atoms with E-state index in [1.165, 1.54) is 12.8 Å². The van der Waals surface area contributed by atoms with Gasteiger partial charge in [-0.1, -0.05) is 31.9 Å². The topological polar surface area (TPSA) is 12.0 Å². The van der Waals surface area contributed by atoms with Crippen LogP contribution in [0.1, 0.15) is 56.2 Å². The Kier molecular flexibility index (Phi) is 4.92. The fraction of sp³-hybridized carbons (Fsp3) is 0.625. The highest BCUT2D eigenvalue weighted by atomic mass is 19.2. The summed E-state index contributed by atoms with van der Waals surface area (Å²) in [4.78, 5) is 0. The van der Waals surface area contributed by atoms with E-state index in [0.717, 1.165) is 25.8 Å². The van der Waals surface area contributed by atoms with Crippen LogP contribution in [0.5, 0.6) is 0 Å². The molecule has 1 N–H and O–H groups in total. The van der Waals surface area contributed by atoms with E-state index < -0.39 is 11.6 Å². The third-order valence-corrected chi connectivity index (χ3v) is 4.13. The van der Waals surface area contributed by atoms with Crippen LogP contribution in [0.4, 0.5) is 8.78 Å². The molecular formula is C16H23F2N. The molecule has 1 aromatic carbocycles. The van der Waals surface area contributed by atoms with Crippen molar-refractivity contribution in [3.8, 4) is 0 Å². The molecule has 0 saturated heterocycles. The van der Waals surface area contributed by atoms with Gasteiger partial charge in [-0.05, 0) is 44.2 Å². The van der Waals surface area contributed by atoms with Crippen molar-refractivity contribution >= 4 is 0 Å². The standard InChI is InChI=1S/C16H23F2N/c1-3-10-19-16(12-6-4-5-7-12)13-9-8-11(2)14(17)15(13)18/h8-9,12,16,19H,3-7,10H2,1-2H3. The normalized spacial score (nSPS) is 17.9. The van der Waals surface area contributed by atoms with Gasteiger partial charge in [-0.3, -0.25) is 0 Å². The number of halogens is 2. The summed E-state index contributed by atoms with van der Waals surface area (Å²) in [6.07, 6.45) is 5.61. The zero-order valence-electron chi connectivity index (χ0n) is 11.8. The van der Waals surface area contributed by atoms with Gasteiger partial charge in [0.1, 0.15) is 0 Å². The van der Waals surface area contributed by atoms with E-state index in [1.807, 2.05) is 0 Å². The Morgan fingerprint density at radius 3 is 2.53 bits per heavy atom. The minimum atomic E-state index is -0.696. The molecule has 1 nitrogen and oxygen atoms in total. The van der Waals surface area contributed by atoms with E-state index in [-0.39, 0.29) is 6.04 Å². The van der Waals surface area contributed by atoms with Crippen LogP contribution >= 0.6 is 0 Å². The minimum absolute atomic E-state index is 0.0439. The van der Waals surface area contributed by atoms with Crippen molar-refractivity contribution in [2.75, 3.05) is 6.54 Å². The molecule has 0 heterocycles. The molecule has 1 atom stereocenters. The number of rotatable bonds is 5. The van der Waals surface area contributed by atoms with Gasteiger partial charge in [0.15, 0.2) is 11.6 Å². The number of hydrogen-bond donors (Lipinski definition) is 1. The molecule has 1 saturated carbocycles. The first kappa shape index (κ1) is 14.4. The molecule has 0 spiro atoms. The van der Waals surface area contributed by atoms with Crippen LogP contribution in [0.3, 0.4) is 0 Å². The maximum Gasteiger partial charge on any atom is 0.163 e. The van der Waals surface area contributed by atoms with Gasteiger partial charge in [-0.2, -0.15) is 0 Å². The smallest absolute Gasteiger partial charge is 0.163 e. The van der Waals surface area contributed by atoms with Crippen LogP contribution in [0.15, 0.2) is 12.1 Å². The average molecular weight is 267 g/mol. The third kappa shape index (κ3) is 3.14. The zero-order valence-corrected chi connectivity index (χ0v) is 11.8. The lowest BCUT2D eigenvalue weighted by atomic mass is 9.90. The molecule has 0 aromatic heterocycles. The molecule has 3 heteroatoms. The van der Waals surface area contributed by atoms with Crippen LogP contribution in [-0.4, -0.2) is 6.54 Å². The van der Waals surface area contributed by atoms with Gasteiger partial charge < -0.3 is 5.32 Å². The molecule has 1 aliphatic rings. The van der Waals surface area contributed by atoms with Gasteiger partial charge in [0.25, 0.3) is 0 Å². The van der Waals surface area contributed by atoms with Gasteiger partial charge in [0.05, 0.1) is 0 Å². The number of benzene rings is 1. The van der Waals surface area contributed by atoms with E-state index in [9.17, 15) is 8.78 Å². The summed E-state index contributed by atoms with van der Waals surface area (Å²) in [6.45, 7) is 4.53. The molecular weight excluding hydrogens is 244 g/mol. The summed E-state index contributed by atoms with van der Waals surface area (Å²) in [5.41, 5.74) is 0.880. The van der Waals surface area contributed by atoms with Crippen molar-refractivity contribution in [1.29, 1.82) is 0 Å². The highest BCUT2D eigenvalue weighted by Crippen LogP contribution is 2.37. The summed E-state index contributed by atoms with van der Waals surface area (Å²) in [5, 5.41) is 3.41. The minimum Gasteiger partial charge on any atom is -0.310 e. The Balaban J connectivity index is 2.28. The van der Waals surface area contributed by atoms with Gasteiger partial charge in [0.2, 0.25) is 0 Å². The molecule has 1 aliphatic carbocycles. The second kappa shape index (κ2) is 6.47. The summed E-state index contributed by atoms with van der Waals surface area (Å²) < 4.78 is 27.9. The van der Waals surface area contributed by atoms with E-state index in [4.69, 9.17) is 0 Å². The first-order chi connectivity index (χ1) is 9.15. The van der Waals surface area contributed by atoms with Crippen molar-refractivity contribution < 1.29 is 8.78 Å². The number of aryl methyl sites for hydroxylation is 1. The average Bonchev–Trinajstić information content (AvgIpc) is 2.92. The zero-order chi connectivity index (χ0) is 13.8. The molecule has 2 rings (SSSR count). The highest BCUT2D eigenvalue weighted by molar-refractivity contribution is 5.28. The fourth-order valence-corrected chi connectivity index (χ4v) is 3.02. The Bertz CT molecular complexity index is 425. The second-order valence-corrected chi connectivity index (χ2v) is 5.58. The van der Waals surface area contributed by atoms with Gasteiger partial charge in [-0.25, -0.2) is 8.78 Å². The van der Waals surface area contributed by atoms with Gasteiger partial charge in [-0.15, -0.1) is 0 Å². The largest absolute Gasteiger partial charge is 0.310 e. The lowest BCUT2D eigenvalue weighted by molar-refractivity contribution is 0.351. The maximum absolute atomic E-state index is 14.2. The number of nitrogens with one attached hydrogen (secondary N) is 1. The van der Waals surface area contributed by atoms with Crippen molar-refractivity contribution in [2.45, 2.75) is 52.0 Å². The van der Waals surface area contributed by atoms with E-state index in [2.05, 4.69) is 12.2 Å². The summed E-state index contributed by atoms with van der Waals surface area (Å²) in [5.74, 6) is -0.928. The summed E-state index contributed by atoms with van der Waals surface area (Å²) >= 11 is 0. The van der Waals surface area contributed by atoms with Crippen LogP contribution < -0.4 is 5.32 Å². The van der Waals surface area contributed by atoms with Crippen LogP contribution in [0, 0.1) is 24.5 Å². The molecule has 0 radical (unpaired) electrons. The molecule has 1 aromatic rings. The molecule has 1 fully saturated rings. The van der Waals surface area contributed by atoms with E-state index in [1.54, 1.807) is 19.1 Å². The highest BCUT2D eigenvalue weighted by Gasteiger charge is 2.29. The Labute approximate surface area is 114 Å². The quantitative estimate of drug-likeness (QED) is 0.828. The summed E-state index contributed by atoms with van der Waals surface area (Å²) in [7, 11) is 0. The predicted octanol–water partition coefficient (Wildman–Crippen LogP) is 4.50. The lowest BCUT2D eigenvalue weighted by Gasteiger charge is -2.26. The Morgan fingerprint density at radius 1 is 1.21 bits per heavy atom. The molecule has 0 bridgehead atoms. The Morgan fingerprint density at radius 2 is 1.89 bits per heavy atom. The molecule has 19 heavy (non-hydrogen) atoms. The Hall–Kier alpha value is -0.960. The van der Waals surface area contributed by atoms with Crippen molar-refractivity contribution in [3.05, 3.63) is 34.9 Å². The van der Waals surface area contributed by atoms with Crippen LogP contribution in [-0.2, 0) is 0 Å². The van der Waals surface area contributed by atoms with E-state index in [0.29, 0.717) is 17.0 Å². The van der Waals surface area contributed by atoms with Gasteiger partial charge >= 0.3 is 0 Å². The fourth-order valence-electron chi connectivity index (χ4n) is 3.02. The SMILES string of the molecule is CCCNC(c1ccc(C)c(F)c1F)C1CCCC1. The lowest BCUT2D eigenvalue weighted by Crippen LogP contribution is -2.29. The maximum atomic E-state index is 14.2. The van der Waals surface area contributed by atoms with Crippen molar-refractivity contribution in [2.24, 2.45) is 5.92 Å². The predicted molar refractivity (Wildman–Crippen MR) is 74.1 cm³/mol. The van der Waals surface area contributed by atoms with Crippen molar-refractivity contribution in [3.63, 3.8) is 0 Å². The van der Waals surface area contributed by atoms with Crippen LogP contribution in [0.2, 0.25) is 0 Å². The number of hydrogen-bond acceptors (Lipinski definition) is 1. The van der Waals surface area contributed by atoms with E-state index >= 15 is 0 Å². The van der Waals surface area contributed by atoms with Crippen molar-refractivity contribution in [1.82, 2.24) is 5.32 Å². The van der Waals surface area contributed by atoms with Crippen LogP contribution in [0.25, 0.3) is 0 Å². The first-order valence-electron chi connectivity index (χ1n) is 7.33. The molecule has 1 unspecified atom stereocenters. The monoisotopic (exact) mass is 267 g/mol. The summed E-state index contributed by atoms with van der Waals surface area (Å²) in [6, 6.07) is 3.39. The molecule has 106 valence electrons. The third-order valence-electron chi connectivity index (χ3n) is 4.13. The van der Waals surface area contributed by atoms with Gasteiger partial charge in [0, 0.05) is 11.6 Å². The molecule has 0 amide bonds.